The number of fused-ring (bicyclic) bond motifs is 9. The van der Waals surface area contributed by atoms with Crippen molar-refractivity contribution in [3.05, 3.63) is 223 Å². The molecule has 0 saturated heterocycles. The smallest absolute Gasteiger partial charge is 0.0515 e. The highest BCUT2D eigenvalue weighted by Gasteiger charge is 2.40. The second kappa shape index (κ2) is 13.9. The summed E-state index contributed by atoms with van der Waals surface area (Å²) >= 11 is 1.87. The van der Waals surface area contributed by atoms with Gasteiger partial charge in [0.1, 0.15) is 0 Å². The molecule has 0 unspecified atom stereocenters. The van der Waals surface area contributed by atoms with E-state index in [1.54, 1.807) is 0 Å². The van der Waals surface area contributed by atoms with Crippen LogP contribution in [0.25, 0.3) is 86.2 Å². The van der Waals surface area contributed by atoms with Gasteiger partial charge in [0.15, 0.2) is 0 Å². The second-order valence-corrected chi connectivity index (χ2v) is 17.9. The van der Waals surface area contributed by atoms with Crippen LogP contribution in [0, 0.1) is 0 Å². The van der Waals surface area contributed by atoms with Gasteiger partial charge in [-0.3, -0.25) is 0 Å². The summed E-state index contributed by atoms with van der Waals surface area (Å²) < 4.78 is 2.65. The van der Waals surface area contributed by atoms with Crippen molar-refractivity contribution in [1.29, 1.82) is 0 Å². The number of nitrogens with zero attached hydrogens (tertiary/aromatic N) is 1. The van der Waals surface area contributed by atoms with Gasteiger partial charge in [-0.15, -0.1) is 11.3 Å². The average Bonchev–Trinajstić information content (AvgIpc) is 3.81. The number of benzene rings is 10. The fourth-order valence-corrected chi connectivity index (χ4v) is 11.3. The molecule has 0 fully saturated rings. The standard InChI is InChI=1S/C59H41NS/c1-59(2)52-24-10-8-21-51(52)57-48-19-7-6-16-43(48)36-53(58(57)59)60(44-31-26-38(27-32-44)42-30-35-50-49-20-9-11-25-54(49)61-55(50)37-42)45-33-28-40(29-34-45)47-23-13-18-41-17-12-22-46(56(41)47)39-14-4-3-5-15-39/h3-37H,1-2H3. The Hall–Kier alpha value is -7.26. The second-order valence-electron chi connectivity index (χ2n) is 16.9. The third-order valence-electron chi connectivity index (χ3n) is 13.0. The Bertz CT molecular complexity index is 3480. The number of hydrogen-bond acceptors (Lipinski definition) is 2. The minimum atomic E-state index is -0.222. The zero-order valence-corrected chi connectivity index (χ0v) is 34.9. The minimum absolute atomic E-state index is 0.222. The molecule has 1 aliphatic rings. The molecule has 10 aromatic carbocycles. The van der Waals surface area contributed by atoms with Crippen LogP contribution in [0.5, 0.6) is 0 Å². The predicted molar refractivity (Wildman–Crippen MR) is 263 cm³/mol. The van der Waals surface area contributed by atoms with E-state index < -0.39 is 0 Å². The highest BCUT2D eigenvalue weighted by molar-refractivity contribution is 7.25. The Morgan fingerprint density at radius 3 is 1.70 bits per heavy atom. The van der Waals surface area contributed by atoms with Crippen LogP contribution in [0.3, 0.4) is 0 Å². The van der Waals surface area contributed by atoms with E-state index in [9.17, 15) is 0 Å². The molecule has 0 spiro atoms. The van der Waals surface area contributed by atoms with E-state index in [1.807, 2.05) is 11.3 Å². The highest BCUT2D eigenvalue weighted by Crippen LogP contribution is 2.57. The number of hydrogen-bond donors (Lipinski definition) is 0. The molecule has 1 aromatic heterocycles. The van der Waals surface area contributed by atoms with E-state index in [2.05, 4.69) is 231 Å². The molecule has 288 valence electrons. The van der Waals surface area contributed by atoms with Gasteiger partial charge in [0.2, 0.25) is 0 Å². The Balaban J connectivity index is 1.04. The number of rotatable bonds is 6. The van der Waals surface area contributed by atoms with Gasteiger partial charge < -0.3 is 4.90 Å². The van der Waals surface area contributed by atoms with E-state index in [-0.39, 0.29) is 5.41 Å². The van der Waals surface area contributed by atoms with Crippen LogP contribution >= 0.6 is 11.3 Å². The van der Waals surface area contributed by atoms with Crippen molar-refractivity contribution in [3.63, 3.8) is 0 Å². The van der Waals surface area contributed by atoms with Gasteiger partial charge in [-0.05, 0) is 120 Å². The van der Waals surface area contributed by atoms with Gasteiger partial charge in [0.05, 0.1) is 5.69 Å². The molecular weight excluding hydrogens is 755 g/mol. The van der Waals surface area contributed by atoms with Crippen LogP contribution in [-0.2, 0) is 5.41 Å². The van der Waals surface area contributed by atoms with Crippen molar-refractivity contribution in [3.8, 4) is 44.5 Å². The summed E-state index contributed by atoms with van der Waals surface area (Å²) in [6.45, 7) is 4.80. The molecule has 0 atom stereocenters. The molecular formula is C59H41NS. The van der Waals surface area contributed by atoms with E-state index in [0.717, 1.165) is 11.4 Å². The zero-order valence-electron chi connectivity index (χ0n) is 34.1. The topological polar surface area (TPSA) is 3.24 Å². The van der Waals surface area contributed by atoms with Gasteiger partial charge in [-0.1, -0.05) is 184 Å². The molecule has 0 amide bonds. The first-order chi connectivity index (χ1) is 30.0. The summed E-state index contributed by atoms with van der Waals surface area (Å²) in [5.41, 5.74) is 16.0. The molecule has 0 N–H and O–H groups in total. The van der Waals surface area contributed by atoms with Crippen molar-refractivity contribution >= 4 is 70.1 Å². The van der Waals surface area contributed by atoms with E-state index in [0.29, 0.717) is 0 Å². The van der Waals surface area contributed by atoms with Crippen molar-refractivity contribution in [1.82, 2.24) is 0 Å². The third-order valence-corrected chi connectivity index (χ3v) is 14.2. The SMILES string of the molecule is CC1(C)c2ccccc2-c2c1c(N(c1ccc(-c3ccc4c(c3)sc3ccccc34)cc1)c1ccc(-c3cccc4cccc(-c5ccccc5)c34)cc1)cc1ccccc21. The predicted octanol–water partition coefficient (Wildman–Crippen LogP) is 17.1. The van der Waals surface area contributed by atoms with Gasteiger partial charge in [0.25, 0.3) is 0 Å². The number of anilines is 3. The van der Waals surface area contributed by atoms with Crippen molar-refractivity contribution in [2.24, 2.45) is 0 Å². The molecule has 0 saturated carbocycles. The quantitative estimate of drug-likeness (QED) is 0.162. The highest BCUT2D eigenvalue weighted by atomic mass is 32.1. The first kappa shape index (κ1) is 35.7. The average molecular weight is 796 g/mol. The molecule has 0 aliphatic heterocycles. The Kier molecular flexibility index (Phi) is 8.13. The summed E-state index contributed by atoms with van der Waals surface area (Å²) in [4.78, 5) is 2.50. The maximum Gasteiger partial charge on any atom is 0.0515 e. The van der Waals surface area contributed by atoms with Crippen molar-refractivity contribution < 1.29 is 0 Å². The fourth-order valence-electron chi connectivity index (χ4n) is 10.2. The first-order valence-electron chi connectivity index (χ1n) is 21.2. The van der Waals surface area contributed by atoms with Crippen LogP contribution in [-0.4, -0.2) is 0 Å². The monoisotopic (exact) mass is 795 g/mol. The van der Waals surface area contributed by atoms with Crippen molar-refractivity contribution in [2.75, 3.05) is 4.90 Å². The molecule has 1 heterocycles. The third kappa shape index (κ3) is 5.67. The summed E-state index contributed by atoms with van der Waals surface area (Å²) in [6.07, 6.45) is 0. The molecule has 61 heavy (non-hydrogen) atoms. The van der Waals surface area contributed by atoms with E-state index >= 15 is 0 Å². The summed E-state index contributed by atoms with van der Waals surface area (Å²) in [6, 6.07) is 78.6. The maximum absolute atomic E-state index is 2.50. The maximum atomic E-state index is 2.50. The van der Waals surface area contributed by atoms with E-state index in [1.165, 1.54) is 103 Å². The van der Waals surface area contributed by atoms with Crippen LogP contribution in [0.15, 0.2) is 212 Å². The Morgan fingerprint density at radius 2 is 0.951 bits per heavy atom. The van der Waals surface area contributed by atoms with Crippen LogP contribution < -0.4 is 4.90 Å². The summed E-state index contributed by atoms with van der Waals surface area (Å²) in [5, 5.41) is 7.71. The van der Waals surface area contributed by atoms with Crippen LogP contribution in [0.1, 0.15) is 25.0 Å². The zero-order chi connectivity index (χ0) is 40.7. The Morgan fingerprint density at radius 1 is 0.393 bits per heavy atom. The van der Waals surface area contributed by atoms with Crippen LogP contribution in [0.4, 0.5) is 17.1 Å². The Labute approximate surface area is 360 Å². The minimum Gasteiger partial charge on any atom is -0.310 e. The van der Waals surface area contributed by atoms with Gasteiger partial charge in [0, 0.05) is 37.0 Å². The van der Waals surface area contributed by atoms with Crippen LogP contribution in [0.2, 0.25) is 0 Å². The molecule has 1 nitrogen and oxygen atoms in total. The molecule has 0 bridgehead atoms. The first-order valence-corrected chi connectivity index (χ1v) is 22.0. The molecule has 1 aliphatic carbocycles. The fraction of sp³-hybridized carbons (Fsp3) is 0.0508. The van der Waals surface area contributed by atoms with Crippen molar-refractivity contribution in [2.45, 2.75) is 19.3 Å². The molecule has 12 rings (SSSR count). The lowest BCUT2D eigenvalue weighted by molar-refractivity contribution is 0.661. The summed E-state index contributed by atoms with van der Waals surface area (Å²) in [5.74, 6) is 0. The van der Waals surface area contributed by atoms with Gasteiger partial charge in [-0.2, -0.15) is 0 Å². The lowest BCUT2D eigenvalue weighted by atomic mass is 9.80. The lowest BCUT2D eigenvalue weighted by Gasteiger charge is -2.33. The van der Waals surface area contributed by atoms with Gasteiger partial charge in [-0.25, -0.2) is 0 Å². The summed E-state index contributed by atoms with van der Waals surface area (Å²) in [7, 11) is 0. The number of thiophene rings is 1. The molecule has 11 aromatic rings. The normalized spacial score (nSPS) is 12.9. The van der Waals surface area contributed by atoms with Gasteiger partial charge >= 0.3 is 0 Å². The lowest BCUT2D eigenvalue weighted by Crippen LogP contribution is -2.20. The van der Waals surface area contributed by atoms with E-state index in [4.69, 9.17) is 0 Å². The molecule has 0 radical (unpaired) electrons. The largest absolute Gasteiger partial charge is 0.310 e. The molecule has 2 heteroatoms.